The highest BCUT2D eigenvalue weighted by Crippen LogP contribution is 2.13. The normalized spacial score (nSPS) is 14.8. The van der Waals surface area contributed by atoms with Crippen molar-refractivity contribution in [3.63, 3.8) is 0 Å². The molecule has 0 aliphatic carbocycles. The lowest BCUT2D eigenvalue weighted by Gasteiger charge is -2.14. The van der Waals surface area contributed by atoms with Crippen molar-refractivity contribution in [3.8, 4) is 0 Å². The zero-order chi connectivity index (χ0) is 10.5. The lowest BCUT2D eigenvalue weighted by Crippen LogP contribution is -2.39. The monoisotopic (exact) mass is 190 g/mol. The van der Waals surface area contributed by atoms with Crippen LogP contribution < -0.4 is 0 Å². The summed E-state index contributed by atoms with van der Waals surface area (Å²) < 4.78 is 17.8. The Labute approximate surface area is 77.3 Å². The number of esters is 1. The molecule has 1 atom stereocenters. The summed E-state index contributed by atoms with van der Waals surface area (Å²) in [6, 6.07) is 0. The summed E-state index contributed by atoms with van der Waals surface area (Å²) >= 11 is 0. The van der Waals surface area contributed by atoms with Crippen molar-refractivity contribution in [3.05, 3.63) is 0 Å². The zero-order valence-corrected chi connectivity index (χ0v) is 8.22. The number of ether oxygens (including phenoxy) is 1. The molecule has 0 aromatic heterocycles. The fourth-order valence-corrected chi connectivity index (χ4v) is 0.588. The van der Waals surface area contributed by atoms with Gasteiger partial charge in [-0.05, 0) is 20.3 Å². The first-order valence-corrected chi connectivity index (χ1v) is 4.30. The summed E-state index contributed by atoms with van der Waals surface area (Å²) in [5, 5.41) is 0. The van der Waals surface area contributed by atoms with E-state index in [9.17, 15) is 14.0 Å². The van der Waals surface area contributed by atoms with Crippen molar-refractivity contribution in [1.29, 1.82) is 0 Å². The second-order valence-electron chi connectivity index (χ2n) is 3.05. The van der Waals surface area contributed by atoms with Crippen molar-refractivity contribution in [2.75, 3.05) is 6.61 Å². The standard InChI is InChI=1S/C9H15FO3/c1-4-5-6-13-8(12)9(3,10)7(2)11/h4-6H2,1-3H3. The average Bonchev–Trinajstić information content (AvgIpc) is 2.04. The van der Waals surface area contributed by atoms with E-state index in [2.05, 4.69) is 4.74 Å². The predicted molar refractivity (Wildman–Crippen MR) is 46.1 cm³/mol. The molecule has 0 saturated carbocycles. The largest absolute Gasteiger partial charge is 0.463 e. The molecule has 0 fully saturated rings. The highest BCUT2D eigenvalue weighted by atomic mass is 19.1. The van der Waals surface area contributed by atoms with E-state index >= 15 is 0 Å². The van der Waals surface area contributed by atoms with Gasteiger partial charge in [-0.25, -0.2) is 9.18 Å². The number of carbonyl (C=O) groups excluding carboxylic acids is 2. The molecule has 3 nitrogen and oxygen atoms in total. The van der Waals surface area contributed by atoms with E-state index in [1.165, 1.54) is 0 Å². The summed E-state index contributed by atoms with van der Waals surface area (Å²) in [7, 11) is 0. The first-order valence-electron chi connectivity index (χ1n) is 4.30. The summed E-state index contributed by atoms with van der Waals surface area (Å²) in [5.41, 5.74) is -2.49. The van der Waals surface area contributed by atoms with E-state index in [0.717, 1.165) is 20.3 Å². The minimum Gasteiger partial charge on any atom is -0.463 e. The predicted octanol–water partition coefficient (Wildman–Crippen LogP) is 1.65. The number of carbonyl (C=O) groups is 2. The van der Waals surface area contributed by atoms with Gasteiger partial charge in [0.1, 0.15) is 0 Å². The van der Waals surface area contributed by atoms with Gasteiger partial charge in [-0.15, -0.1) is 0 Å². The minimum absolute atomic E-state index is 0.169. The molecule has 0 bridgehead atoms. The van der Waals surface area contributed by atoms with Crippen molar-refractivity contribution >= 4 is 11.8 Å². The van der Waals surface area contributed by atoms with Crippen LogP contribution in [0.25, 0.3) is 0 Å². The molecule has 0 aliphatic rings. The average molecular weight is 190 g/mol. The smallest absolute Gasteiger partial charge is 0.351 e. The van der Waals surface area contributed by atoms with Crippen LogP contribution in [-0.2, 0) is 14.3 Å². The molecule has 0 aromatic carbocycles. The Morgan fingerprint density at radius 1 is 1.46 bits per heavy atom. The summed E-state index contributed by atoms with van der Waals surface area (Å²) in [5.74, 6) is -1.91. The van der Waals surface area contributed by atoms with Crippen molar-refractivity contribution in [2.24, 2.45) is 0 Å². The number of alkyl halides is 1. The maximum Gasteiger partial charge on any atom is 0.351 e. The highest BCUT2D eigenvalue weighted by molar-refractivity contribution is 6.05. The van der Waals surface area contributed by atoms with E-state index in [4.69, 9.17) is 0 Å². The first-order chi connectivity index (χ1) is 5.92. The molecule has 0 rings (SSSR count). The molecule has 13 heavy (non-hydrogen) atoms. The quantitative estimate of drug-likeness (QED) is 0.376. The number of hydrogen-bond acceptors (Lipinski definition) is 3. The van der Waals surface area contributed by atoms with Crippen molar-refractivity contribution in [2.45, 2.75) is 39.3 Å². The SMILES string of the molecule is CCCCOC(=O)C(C)(F)C(C)=O. The molecule has 0 heterocycles. The topological polar surface area (TPSA) is 43.4 Å². The van der Waals surface area contributed by atoms with Gasteiger partial charge in [-0.3, -0.25) is 4.79 Å². The molecule has 0 amide bonds. The van der Waals surface area contributed by atoms with Crippen LogP contribution in [0.5, 0.6) is 0 Å². The third-order valence-corrected chi connectivity index (χ3v) is 1.78. The maximum atomic E-state index is 13.2. The zero-order valence-electron chi connectivity index (χ0n) is 8.22. The third kappa shape index (κ3) is 3.53. The third-order valence-electron chi connectivity index (χ3n) is 1.78. The number of hydrogen-bond donors (Lipinski definition) is 0. The van der Waals surface area contributed by atoms with Gasteiger partial charge in [-0.2, -0.15) is 0 Å². The maximum absolute atomic E-state index is 13.2. The molecule has 0 N–H and O–H groups in total. The Hall–Kier alpha value is -0.930. The summed E-state index contributed by atoms with van der Waals surface area (Å²) in [6.07, 6.45) is 1.54. The van der Waals surface area contributed by atoms with Gasteiger partial charge < -0.3 is 4.74 Å². The molecule has 4 heteroatoms. The van der Waals surface area contributed by atoms with Crippen molar-refractivity contribution in [1.82, 2.24) is 0 Å². The molecule has 76 valence electrons. The molecule has 1 unspecified atom stereocenters. The molecule has 0 spiro atoms. The Morgan fingerprint density at radius 2 is 2.00 bits per heavy atom. The van der Waals surface area contributed by atoms with Crippen LogP contribution in [0.3, 0.4) is 0 Å². The highest BCUT2D eigenvalue weighted by Gasteiger charge is 2.39. The second-order valence-corrected chi connectivity index (χ2v) is 3.05. The molecular formula is C9H15FO3. The Morgan fingerprint density at radius 3 is 2.38 bits per heavy atom. The Kier molecular flexibility index (Phi) is 4.59. The van der Waals surface area contributed by atoms with Gasteiger partial charge in [0.05, 0.1) is 6.61 Å². The van der Waals surface area contributed by atoms with Crippen LogP contribution in [0, 0.1) is 0 Å². The molecule has 0 radical (unpaired) electrons. The number of rotatable bonds is 5. The fourth-order valence-electron chi connectivity index (χ4n) is 0.588. The number of unbranched alkanes of at least 4 members (excludes halogenated alkanes) is 1. The summed E-state index contributed by atoms with van der Waals surface area (Å²) in [4.78, 5) is 21.6. The molecular weight excluding hydrogens is 175 g/mol. The van der Waals surface area contributed by atoms with Crippen LogP contribution in [0.1, 0.15) is 33.6 Å². The van der Waals surface area contributed by atoms with Gasteiger partial charge in [0.2, 0.25) is 0 Å². The van der Waals surface area contributed by atoms with Crippen LogP contribution in [0.15, 0.2) is 0 Å². The Balaban J connectivity index is 4.03. The second kappa shape index (κ2) is 4.94. The van der Waals surface area contributed by atoms with E-state index in [-0.39, 0.29) is 6.61 Å². The van der Waals surface area contributed by atoms with Crippen molar-refractivity contribution < 1.29 is 18.7 Å². The van der Waals surface area contributed by atoms with E-state index < -0.39 is 17.4 Å². The number of Topliss-reactive ketones (excluding diaryl/α,β-unsaturated/α-hetero) is 1. The molecule has 0 aliphatic heterocycles. The van der Waals surface area contributed by atoms with Gasteiger partial charge in [0.25, 0.3) is 5.67 Å². The molecule has 0 aromatic rings. The minimum atomic E-state index is -2.49. The lowest BCUT2D eigenvalue weighted by atomic mass is 10.1. The fraction of sp³-hybridized carbons (Fsp3) is 0.778. The van der Waals surface area contributed by atoms with Gasteiger partial charge >= 0.3 is 5.97 Å². The van der Waals surface area contributed by atoms with Crippen LogP contribution in [0.4, 0.5) is 4.39 Å². The van der Waals surface area contributed by atoms with Crippen LogP contribution in [-0.4, -0.2) is 24.0 Å². The van der Waals surface area contributed by atoms with E-state index in [0.29, 0.717) is 6.42 Å². The van der Waals surface area contributed by atoms with Gasteiger partial charge in [-0.1, -0.05) is 13.3 Å². The lowest BCUT2D eigenvalue weighted by molar-refractivity contribution is -0.160. The summed E-state index contributed by atoms with van der Waals surface area (Å²) in [6.45, 7) is 4.04. The molecule has 0 saturated heterocycles. The first kappa shape index (κ1) is 12.1. The Bertz CT molecular complexity index is 199. The number of ketones is 1. The number of halogens is 1. The van der Waals surface area contributed by atoms with E-state index in [1.54, 1.807) is 0 Å². The van der Waals surface area contributed by atoms with Crippen LogP contribution in [0.2, 0.25) is 0 Å². The van der Waals surface area contributed by atoms with E-state index in [1.807, 2.05) is 6.92 Å². The van der Waals surface area contributed by atoms with Crippen LogP contribution >= 0.6 is 0 Å². The van der Waals surface area contributed by atoms with Gasteiger partial charge in [0, 0.05) is 0 Å². The van der Waals surface area contributed by atoms with Gasteiger partial charge in [0.15, 0.2) is 5.78 Å².